The Kier molecular flexibility index (Phi) is 9.43. The molecule has 2 rings (SSSR count). The minimum absolute atomic E-state index is 0.0823. The van der Waals surface area contributed by atoms with Crippen LogP contribution in [0.1, 0.15) is 32.8 Å². The average molecular weight is 494 g/mol. The van der Waals surface area contributed by atoms with Crippen molar-refractivity contribution in [1.82, 2.24) is 10.2 Å². The van der Waals surface area contributed by atoms with Gasteiger partial charge in [-0.15, -0.1) is 0 Å². The summed E-state index contributed by atoms with van der Waals surface area (Å²) in [7, 11) is -2.32. The van der Waals surface area contributed by atoms with E-state index in [1.165, 1.54) is 17.0 Å². The SMILES string of the molecule is CC[C@@H](C)NC(=O)[C@@H](C)N(Cc1ccc(OC)cc1)C(=O)CN(c1ccc(F)cc1)S(C)(=O)=O. The third-order valence-corrected chi connectivity index (χ3v) is 6.61. The number of carbonyl (C=O) groups excluding carboxylic acids is 2. The molecule has 2 aromatic rings. The highest BCUT2D eigenvalue weighted by Gasteiger charge is 2.30. The van der Waals surface area contributed by atoms with E-state index in [9.17, 15) is 22.4 Å². The number of benzene rings is 2. The van der Waals surface area contributed by atoms with Gasteiger partial charge in [0.05, 0.1) is 19.1 Å². The second-order valence-corrected chi connectivity index (χ2v) is 10.0. The van der Waals surface area contributed by atoms with Gasteiger partial charge in [0.2, 0.25) is 21.8 Å². The normalized spacial score (nSPS) is 13.0. The lowest BCUT2D eigenvalue weighted by Gasteiger charge is -2.32. The number of sulfonamides is 1. The maximum atomic E-state index is 13.4. The summed E-state index contributed by atoms with van der Waals surface area (Å²) in [5, 5.41) is 2.86. The molecule has 0 saturated heterocycles. The maximum absolute atomic E-state index is 13.4. The molecule has 0 bridgehead atoms. The first-order valence-electron chi connectivity index (χ1n) is 10.9. The molecule has 0 aliphatic heterocycles. The molecule has 1 N–H and O–H groups in total. The van der Waals surface area contributed by atoms with Gasteiger partial charge in [-0.05, 0) is 62.2 Å². The number of nitrogens with one attached hydrogen (secondary N) is 1. The van der Waals surface area contributed by atoms with E-state index >= 15 is 0 Å². The van der Waals surface area contributed by atoms with Crippen LogP contribution in [-0.4, -0.2) is 57.1 Å². The molecular formula is C24H32FN3O5S. The van der Waals surface area contributed by atoms with Crippen LogP contribution in [-0.2, 0) is 26.2 Å². The van der Waals surface area contributed by atoms with E-state index in [4.69, 9.17) is 4.74 Å². The van der Waals surface area contributed by atoms with Crippen LogP contribution in [0.15, 0.2) is 48.5 Å². The average Bonchev–Trinajstić information content (AvgIpc) is 2.80. The number of ether oxygens (including phenoxy) is 1. The molecule has 2 aromatic carbocycles. The molecule has 0 spiro atoms. The largest absolute Gasteiger partial charge is 0.497 e. The zero-order valence-electron chi connectivity index (χ0n) is 20.1. The number of nitrogens with zero attached hydrogens (tertiary/aromatic N) is 2. The van der Waals surface area contributed by atoms with Crippen LogP contribution in [0.5, 0.6) is 5.75 Å². The van der Waals surface area contributed by atoms with Crippen molar-refractivity contribution in [3.8, 4) is 5.75 Å². The van der Waals surface area contributed by atoms with E-state index in [0.29, 0.717) is 5.75 Å². The van der Waals surface area contributed by atoms with Gasteiger partial charge in [-0.1, -0.05) is 19.1 Å². The highest BCUT2D eigenvalue weighted by molar-refractivity contribution is 7.92. The number of amides is 2. The summed E-state index contributed by atoms with van der Waals surface area (Å²) in [6.07, 6.45) is 1.69. The first-order chi connectivity index (χ1) is 16.0. The zero-order chi connectivity index (χ0) is 25.5. The van der Waals surface area contributed by atoms with Crippen molar-refractivity contribution in [1.29, 1.82) is 0 Å². The van der Waals surface area contributed by atoms with Gasteiger partial charge in [0.15, 0.2) is 0 Å². The molecule has 0 aliphatic carbocycles. The highest BCUT2D eigenvalue weighted by atomic mass is 32.2. The van der Waals surface area contributed by atoms with E-state index in [2.05, 4.69) is 5.32 Å². The predicted octanol–water partition coefficient (Wildman–Crippen LogP) is 2.93. The highest BCUT2D eigenvalue weighted by Crippen LogP contribution is 2.20. The molecule has 34 heavy (non-hydrogen) atoms. The number of hydrogen-bond acceptors (Lipinski definition) is 5. The topological polar surface area (TPSA) is 96.0 Å². The standard InChI is InChI=1S/C24H32FN3O5S/c1-6-17(2)26-24(30)18(3)27(15-19-7-13-22(33-4)14-8-19)23(29)16-28(34(5,31)32)21-11-9-20(25)10-12-21/h7-14,17-18H,6,15-16H2,1-5H3,(H,26,30)/t17-,18-/m1/s1. The second-order valence-electron chi connectivity index (χ2n) is 8.11. The van der Waals surface area contributed by atoms with Crippen LogP contribution in [0.4, 0.5) is 10.1 Å². The third-order valence-electron chi connectivity index (χ3n) is 5.47. The molecule has 186 valence electrons. The van der Waals surface area contributed by atoms with Crippen molar-refractivity contribution < 1.29 is 27.1 Å². The van der Waals surface area contributed by atoms with Crippen LogP contribution < -0.4 is 14.4 Å². The fourth-order valence-corrected chi connectivity index (χ4v) is 4.05. The van der Waals surface area contributed by atoms with E-state index in [-0.39, 0.29) is 24.2 Å². The fraction of sp³-hybridized carbons (Fsp3) is 0.417. The van der Waals surface area contributed by atoms with Crippen molar-refractivity contribution in [2.24, 2.45) is 0 Å². The van der Waals surface area contributed by atoms with E-state index in [0.717, 1.165) is 34.7 Å². The number of anilines is 1. The summed E-state index contributed by atoms with van der Waals surface area (Å²) in [6.45, 7) is 4.94. The Morgan fingerprint density at radius 3 is 2.15 bits per heavy atom. The van der Waals surface area contributed by atoms with Gasteiger partial charge in [0.25, 0.3) is 0 Å². The molecule has 2 amide bonds. The van der Waals surface area contributed by atoms with Crippen LogP contribution in [0.25, 0.3) is 0 Å². The Bertz CT molecular complexity index is 1070. The van der Waals surface area contributed by atoms with E-state index < -0.39 is 34.3 Å². The van der Waals surface area contributed by atoms with Gasteiger partial charge in [0, 0.05) is 12.6 Å². The number of hydrogen-bond donors (Lipinski definition) is 1. The van der Waals surface area contributed by atoms with E-state index in [1.54, 1.807) is 38.3 Å². The van der Waals surface area contributed by atoms with Crippen molar-refractivity contribution in [3.63, 3.8) is 0 Å². The van der Waals surface area contributed by atoms with Crippen molar-refractivity contribution in [2.45, 2.75) is 45.8 Å². The Balaban J connectivity index is 2.36. The third kappa shape index (κ3) is 7.44. The molecule has 0 saturated carbocycles. The van der Waals surface area contributed by atoms with Crippen molar-refractivity contribution >= 4 is 27.5 Å². The Labute approximate surface area is 200 Å². The van der Waals surface area contributed by atoms with Crippen molar-refractivity contribution in [2.75, 3.05) is 24.2 Å². The van der Waals surface area contributed by atoms with Crippen LogP contribution in [0.2, 0.25) is 0 Å². The number of carbonyl (C=O) groups is 2. The molecule has 8 nitrogen and oxygen atoms in total. The fourth-order valence-electron chi connectivity index (χ4n) is 3.20. The van der Waals surface area contributed by atoms with Crippen LogP contribution >= 0.6 is 0 Å². The first kappa shape index (κ1) is 27.1. The molecule has 0 aromatic heterocycles. The van der Waals surface area contributed by atoms with Gasteiger partial charge < -0.3 is 15.0 Å². The smallest absolute Gasteiger partial charge is 0.244 e. The number of rotatable bonds is 11. The second kappa shape index (κ2) is 11.8. The molecule has 2 atom stereocenters. The van der Waals surface area contributed by atoms with Gasteiger partial charge in [0.1, 0.15) is 24.2 Å². The molecule has 0 radical (unpaired) electrons. The Hall–Kier alpha value is -3.14. The zero-order valence-corrected chi connectivity index (χ0v) is 20.9. The maximum Gasteiger partial charge on any atom is 0.244 e. The first-order valence-corrected chi connectivity index (χ1v) is 12.8. The summed E-state index contributed by atoms with van der Waals surface area (Å²) in [5.74, 6) is -0.801. The molecule has 10 heteroatoms. The van der Waals surface area contributed by atoms with Gasteiger partial charge in [-0.25, -0.2) is 12.8 Å². The van der Waals surface area contributed by atoms with Gasteiger partial charge in [-0.3, -0.25) is 13.9 Å². The molecule has 0 unspecified atom stereocenters. The van der Waals surface area contributed by atoms with Gasteiger partial charge in [-0.2, -0.15) is 0 Å². The lowest BCUT2D eigenvalue weighted by atomic mass is 10.1. The Morgan fingerprint density at radius 2 is 1.65 bits per heavy atom. The summed E-state index contributed by atoms with van der Waals surface area (Å²) in [6, 6.07) is 10.9. The Morgan fingerprint density at radius 1 is 1.06 bits per heavy atom. The molecular weight excluding hydrogens is 461 g/mol. The summed E-state index contributed by atoms with van der Waals surface area (Å²) < 4.78 is 44.3. The summed E-state index contributed by atoms with van der Waals surface area (Å²) >= 11 is 0. The minimum Gasteiger partial charge on any atom is -0.497 e. The number of methoxy groups -OCH3 is 1. The van der Waals surface area contributed by atoms with Crippen molar-refractivity contribution in [3.05, 3.63) is 59.9 Å². The monoisotopic (exact) mass is 493 g/mol. The minimum atomic E-state index is -3.86. The summed E-state index contributed by atoms with van der Waals surface area (Å²) in [5.41, 5.74) is 0.892. The lowest BCUT2D eigenvalue weighted by molar-refractivity contribution is -0.139. The number of halogens is 1. The predicted molar refractivity (Wildman–Crippen MR) is 129 cm³/mol. The lowest BCUT2D eigenvalue weighted by Crippen LogP contribution is -2.52. The van der Waals surface area contributed by atoms with Crippen LogP contribution in [0.3, 0.4) is 0 Å². The van der Waals surface area contributed by atoms with Gasteiger partial charge >= 0.3 is 0 Å². The quantitative estimate of drug-likeness (QED) is 0.519. The summed E-state index contributed by atoms with van der Waals surface area (Å²) in [4.78, 5) is 27.6. The molecule has 0 heterocycles. The van der Waals surface area contributed by atoms with E-state index in [1.807, 2.05) is 13.8 Å². The molecule has 0 aliphatic rings. The molecule has 0 fully saturated rings. The van der Waals surface area contributed by atoms with Crippen LogP contribution in [0, 0.1) is 5.82 Å².